The molecule has 0 aliphatic carbocycles. The average Bonchev–Trinajstić information content (AvgIpc) is 2.92. The number of benzene rings is 2. The number of thiazole rings is 1. The molecule has 21 heavy (non-hydrogen) atoms. The lowest BCUT2D eigenvalue weighted by molar-refractivity contribution is 0.628. The highest BCUT2D eigenvalue weighted by atomic mass is 79.9. The SMILES string of the molecule is Cc1ccc(Br)cc1Cc1ncc(-c2ccc(F)cc2)s1. The molecule has 3 aromatic rings. The second kappa shape index (κ2) is 6.08. The maximum absolute atomic E-state index is 13.0. The van der Waals surface area contributed by atoms with Crippen molar-refractivity contribution in [3.05, 3.63) is 75.1 Å². The summed E-state index contributed by atoms with van der Waals surface area (Å²) in [5, 5.41) is 1.07. The van der Waals surface area contributed by atoms with Crippen LogP contribution in [0, 0.1) is 12.7 Å². The molecule has 1 aromatic heterocycles. The second-order valence-corrected chi connectivity index (χ2v) is 6.90. The summed E-state index contributed by atoms with van der Waals surface area (Å²) < 4.78 is 14.0. The van der Waals surface area contributed by atoms with Gasteiger partial charge in [0, 0.05) is 17.1 Å². The van der Waals surface area contributed by atoms with Crippen LogP contribution < -0.4 is 0 Å². The third-order valence-electron chi connectivity index (χ3n) is 3.34. The van der Waals surface area contributed by atoms with Crippen molar-refractivity contribution in [2.45, 2.75) is 13.3 Å². The minimum Gasteiger partial charge on any atom is -0.249 e. The first-order valence-electron chi connectivity index (χ1n) is 6.57. The van der Waals surface area contributed by atoms with E-state index >= 15 is 0 Å². The number of aryl methyl sites for hydroxylation is 1. The molecule has 1 nitrogen and oxygen atoms in total. The van der Waals surface area contributed by atoms with Crippen LogP contribution in [0.4, 0.5) is 4.39 Å². The molecular formula is C17H13BrFNS. The first kappa shape index (κ1) is 14.4. The maximum Gasteiger partial charge on any atom is 0.123 e. The predicted molar refractivity (Wildman–Crippen MR) is 89.2 cm³/mol. The zero-order valence-corrected chi connectivity index (χ0v) is 13.8. The molecule has 0 spiro atoms. The molecule has 106 valence electrons. The Labute approximate surface area is 135 Å². The molecule has 4 heteroatoms. The van der Waals surface area contributed by atoms with Crippen molar-refractivity contribution in [1.82, 2.24) is 4.98 Å². The first-order valence-corrected chi connectivity index (χ1v) is 8.18. The van der Waals surface area contributed by atoms with E-state index in [-0.39, 0.29) is 5.82 Å². The molecule has 3 rings (SSSR count). The van der Waals surface area contributed by atoms with E-state index in [0.29, 0.717) is 0 Å². The Morgan fingerprint density at radius 1 is 1.14 bits per heavy atom. The highest BCUT2D eigenvalue weighted by Gasteiger charge is 2.07. The zero-order valence-electron chi connectivity index (χ0n) is 11.4. The van der Waals surface area contributed by atoms with E-state index in [0.717, 1.165) is 26.3 Å². The van der Waals surface area contributed by atoms with E-state index in [4.69, 9.17) is 0 Å². The van der Waals surface area contributed by atoms with Crippen LogP contribution in [-0.2, 0) is 6.42 Å². The van der Waals surface area contributed by atoms with Gasteiger partial charge in [-0.15, -0.1) is 11.3 Å². The fourth-order valence-electron chi connectivity index (χ4n) is 2.13. The van der Waals surface area contributed by atoms with Gasteiger partial charge >= 0.3 is 0 Å². The van der Waals surface area contributed by atoms with E-state index in [9.17, 15) is 4.39 Å². The molecule has 0 unspecified atom stereocenters. The van der Waals surface area contributed by atoms with Gasteiger partial charge in [-0.2, -0.15) is 0 Å². The fraction of sp³-hybridized carbons (Fsp3) is 0.118. The molecule has 0 saturated heterocycles. The van der Waals surface area contributed by atoms with Crippen LogP contribution in [0.2, 0.25) is 0 Å². The van der Waals surface area contributed by atoms with Gasteiger partial charge in [0.2, 0.25) is 0 Å². The number of aromatic nitrogens is 1. The van der Waals surface area contributed by atoms with E-state index in [1.165, 1.54) is 23.3 Å². The Morgan fingerprint density at radius 3 is 2.67 bits per heavy atom. The molecule has 1 heterocycles. The molecule has 0 atom stereocenters. The van der Waals surface area contributed by atoms with Crippen molar-refractivity contribution in [2.75, 3.05) is 0 Å². The highest BCUT2D eigenvalue weighted by Crippen LogP contribution is 2.28. The normalized spacial score (nSPS) is 10.8. The zero-order chi connectivity index (χ0) is 14.8. The maximum atomic E-state index is 13.0. The first-order chi connectivity index (χ1) is 10.1. The summed E-state index contributed by atoms with van der Waals surface area (Å²) in [6.07, 6.45) is 2.68. The molecule has 0 N–H and O–H groups in total. The number of rotatable bonds is 3. The Kier molecular flexibility index (Phi) is 4.17. The number of halogens is 2. The summed E-state index contributed by atoms with van der Waals surface area (Å²) in [5.41, 5.74) is 3.53. The van der Waals surface area contributed by atoms with E-state index in [1.807, 2.05) is 12.3 Å². The summed E-state index contributed by atoms with van der Waals surface area (Å²) in [7, 11) is 0. The highest BCUT2D eigenvalue weighted by molar-refractivity contribution is 9.10. The Morgan fingerprint density at radius 2 is 1.90 bits per heavy atom. The van der Waals surface area contributed by atoms with Gasteiger partial charge in [-0.05, 0) is 47.9 Å². The van der Waals surface area contributed by atoms with Gasteiger partial charge < -0.3 is 0 Å². The van der Waals surface area contributed by atoms with E-state index in [2.05, 4.69) is 40.0 Å². The van der Waals surface area contributed by atoms with Gasteiger partial charge in [0.1, 0.15) is 5.82 Å². The van der Waals surface area contributed by atoms with Gasteiger partial charge in [-0.3, -0.25) is 0 Å². The molecule has 0 bridgehead atoms. The lowest BCUT2D eigenvalue weighted by atomic mass is 10.1. The van der Waals surface area contributed by atoms with Gasteiger partial charge in [-0.1, -0.05) is 34.1 Å². The third kappa shape index (κ3) is 3.39. The molecule has 0 amide bonds. The second-order valence-electron chi connectivity index (χ2n) is 4.87. The van der Waals surface area contributed by atoms with Crippen molar-refractivity contribution in [3.63, 3.8) is 0 Å². The van der Waals surface area contributed by atoms with Crippen LogP contribution in [-0.4, -0.2) is 4.98 Å². The monoisotopic (exact) mass is 361 g/mol. The fourth-order valence-corrected chi connectivity index (χ4v) is 3.49. The molecule has 2 aromatic carbocycles. The van der Waals surface area contributed by atoms with Crippen LogP contribution in [0.3, 0.4) is 0 Å². The minimum atomic E-state index is -0.215. The van der Waals surface area contributed by atoms with E-state index < -0.39 is 0 Å². The van der Waals surface area contributed by atoms with Gasteiger partial charge in [0.25, 0.3) is 0 Å². The summed E-state index contributed by atoms with van der Waals surface area (Å²) >= 11 is 5.16. The summed E-state index contributed by atoms with van der Waals surface area (Å²) in [6.45, 7) is 2.11. The van der Waals surface area contributed by atoms with Crippen LogP contribution in [0.25, 0.3) is 10.4 Å². The van der Waals surface area contributed by atoms with Gasteiger partial charge in [0.15, 0.2) is 0 Å². The van der Waals surface area contributed by atoms with Crippen molar-refractivity contribution < 1.29 is 4.39 Å². The largest absolute Gasteiger partial charge is 0.249 e. The molecule has 0 radical (unpaired) electrons. The van der Waals surface area contributed by atoms with Crippen molar-refractivity contribution >= 4 is 27.3 Å². The molecule has 0 saturated carbocycles. The number of hydrogen-bond donors (Lipinski definition) is 0. The quantitative estimate of drug-likeness (QED) is 0.590. The standard InChI is InChI=1S/C17H13BrFNS/c1-11-2-5-14(18)8-13(11)9-17-20-10-16(21-17)12-3-6-15(19)7-4-12/h2-8,10H,9H2,1H3. The Hall–Kier alpha value is -1.52. The van der Waals surface area contributed by atoms with Crippen LogP contribution >= 0.6 is 27.3 Å². The summed E-state index contributed by atoms with van der Waals surface area (Å²) in [5.74, 6) is -0.215. The van der Waals surface area contributed by atoms with Crippen LogP contribution in [0.1, 0.15) is 16.1 Å². The molecule has 0 fully saturated rings. The molecule has 0 aliphatic heterocycles. The Bertz CT molecular complexity index is 765. The van der Waals surface area contributed by atoms with Crippen LogP contribution in [0.15, 0.2) is 53.1 Å². The average molecular weight is 362 g/mol. The van der Waals surface area contributed by atoms with Gasteiger partial charge in [-0.25, -0.2) is 9.37 Å². The van der Waals surface area contributed by atoms with Gasteiger partial charge in [0.05, 0.1) is 9.88 Å². The lowest BCUT2D eigenvalue weighted by Crippen LogP contribution is -1.90. The van der Waals surface area contributed by atoms with E-state index in [1.54, 1.807) is 23.5 Å². The summed E-state index contributed by atoms with van der Waals surface area (Å²) in [6, 6.07) is 12.8. The Balaban J connectivity index is 1.85. The predicted octanol–water partition coefficient (Wildman–Crippen LogP) is 5.61. The minimum absolute atomic E-state index is 0.215. The topological polar surface area (TPSA) is 12.9 Å². The molecular weight excluding hydrogens is 349 g/mol. The smallest absolute Gasteiger partial charge is 0.123 e. The third-order valence-corrected chi connectivity index (χ3v) is 4.87. The van der Waals surface area contributed by atoms with Crippen molar-refractivity contribution in [1.29, 1.82) is 0 Å². The number of hydrogen-bond acceptors (Lipinski definition) is 2. The lowest BCUT2D eigenvalue weighted by Gasteiger charge is -2.04. The molecule has 0 aliphatic rings. The van der Waals surface area contributed by atoms with Crippen molar-refractivity contribution in [3.8, 4) is 10.4 Å². The van der Waals surface area contributed by atoms with Crippen LogP contribution in [0.5, 0.6) is 0 Å². The van der Waals surface area contributed by atoms with Crippen molar-refractivity contribution in [2.24, 2.45) is 0 Å². The summed E-state index contributed by atoms with van der Waals surface area (Å²) in [4.78, 5) is 5.56. The number of nitrogens with zero attached hydrogens (tertiary/aromatic N) is 1.